The van der Waals surface area contributed by atoms with Crippen LogP contribution in [0.4, 0.5) is 11.4 Å². The quantitative estimate of drug-likeness (QED) is 0.835. The summed E-state index contributed by atoms with van der Waals surface area (Å²) in [4.78, 5) is 12.3. The standard InChI is InChI=1S/C19H21ClN2O3/c1-12(2)13-5-3-4-6-15(13)21-11-19(23)22-16-10-18-17(9-14(16)20)24-7-8-25-18/h3-6,9-10,12,21H,7-8,11H2,1-2H3,(H,22,23). The van der Waals surface area contributed by atoms with Crippen molar-refractivity contribution in [2.75, 3.05) is 30.4 Å². The number of fused-ring (bicyclic) bond motifs is 1. The molecule has 2 N–H and O–H groups in total. The Balaban J connectivity index is 1.65. The van der Waals surface area contributed by atoms with Crippen molar-refractivity contribution in [3.8, 4) is 11.5 Å². The third-order valence-electron chi connectivity index (χ3n) is 3.93. The van der Waals surface area contributed by atoms with Crippen molar-refractivity contribution < 1.29 is 14.3 Å². The molecule has 0 saturated heterocycles. The van der Waals surface area contributed by atoms with Gasteiger partial charge in [-0.15, -0.1) is 0 Å². The van der Waals surface area contributed by atoms with Crippen LogP contribution in [0.3, 0.4) is 0 Å². The Kier molecular flexibility index (Phi) is 5.34. The van der Waals surface area contributed by atoms with Crippen molar-refractivity contribution in [1.29, 1.82) is 0 Å². The Morgan fingerprint density at radius 2 is 1.80 bits per heavy atom. The van der Waals surface area contributed by atoms with Crippen molar-refractivity contribution in [3.63, 3.8) is 0 Å². The fraction of sp³-hybridized carbons (Fsp3) is 0.316. The Bertz CT molecular complexity index is 777. The molecule has 1 aliphatic rings. The van der Waals surface area contributed by atoms with E-state index < -0.39 is 0 Å². The van der Waals surface area contributed by atoms with Gasteiger partial charge in [0.1, 0.15) is 13.2 Å². The number of carbonyl (C=O) groups is 1. The molecule has 0 atom stereocenters. The molecule has 0 aromatic heterocycles. The van der Waals surface area contributed by atoms with Crippen molar-refractivity contribution in [2.45, 2.75) is 19.8 Å². The highest BCUT2D eigenvalue weighted by Crippen LogP contribution is 2.37. The first kappa shape index (κ1) is 17.4. The number of hydrogen-bond donors (Lipinski definition) is 2. The molecule has 3 rings (SSSR count). The zero-order valence-electron chi connectivity index (χ0n) is 14.3. The van der Waals surface area contributed by atoms with Crippen LogP contribution < -0.4 is 20.1 Å². The van der Waals surface area contributed by atoms with Crippen LogP contribution in [0.5, 0.6) is 11.5 Å². The largest absolute Gasteiger partial charge is 0.486 e. The highest BCUT2D eigenvalue weighted by atomic mass is 35.5. The summed E-state index contributed by atoms with van der Waals surface area (Å²) in [6, 6.07) is 11.3. The van der Waals surface area contributed by atoms with Gasteiger partial charge in [0.05, 0.1) is 17.3 Å². The molecular weight excluding hydrogens is 340 g/mol. The molecule has 0 aliphatic carbocycles. The molecule has 0 saturated carbocycles. The number of halogens is 1. The first-order valence-electron chi connectivity index (χ1n) is 8.26. The second-order valence-electron chi connectivity index (χ2n) is 6.12. The van der Waals surface area contributed by atoms with Gasteiger partial charge in [0, 0.05) is 17.8 Å². The third kappa shape index (κ3) is 4.17. The first-order chi connectivity index (χ1) is 12.0. The predicted molar refractivity (Wildman–Crippen MR) is 100 cm³/mol. The average Bonchev–Trinajstić information content (AvgIpc) is 2.60. The third-order valence-corrected chi connectivity index (χ3v) is 4.24. The Morgan fingerprint density at radius 1 is 1.12 bits per heavy atom. The normalized spacial score (nSPS) is 12.8. The minimum absolute atomic E-state index is 0.147. The van der Waals surface area contributed by atoms with Crippen LogP contribution in [0.1, 0.15) is 25.3 Å². The molecule has 1 amide bonds. The molecule has 1 aliphatic heterocycles. The summed E-state index contributed by atoms with van der Waals surface area (Å²) >= 11 is 6.22. The lowest BCUT2D eigenvalue weighted by Crippen LogP contribution is -2.23. The van der Waals surface area contributed by atoms with Gasteiger partial charge >= 0.3 is 0 Å². The van der Waals surface area contributed by atoms with Crippen molar-refractivity contribution in [1.82, 2.24) is 0 Å². The molecule has 25 heavy (non-hydrogen) atoms. The number of para-hydroxylation sites is 1. The summed E-state index contributed by atoms with van der Waals surface area (Å²) in [6.45, 7) is 5.36. The molecule has 0 unspecified atom stereocenters. The second-order valence-corrected chi connectivity index (χ2v) is 6.53. The van der Waals surface area contributed by atoms with Crippen molar-refractivity contribution in [2.24, 2.45) is 0 Å². The summed E-state index contributed by atoms with van der Waals surface area (Å²) in [5, 5.41) is 6.41. The molecule has 132 valence electrons. The highest BCUT2D eigenvalue weighted by Gasteiger charge is 2.16. The summed E-state index contributed by atoms with van der Waals surface area (Å²) < 4.78 is 11.0. The lowest BCUT2D eigenvalue weighted by molar-refractivity contribution is -0.114. The van der Waals surface area contributed by atoms with Crippen LogP contribution >= 0.6 is 11.6 Å². The summed E-state index contributed by atoms with van der Waals surface area (Å²) in [6.07, 6.45) is 0. The highest BCUT2D eigenvalue weighted by molar-refractivity contribution is 6.34. The molecule has 6 heteroatoms. The Morgan fingerprint density at radius 3 is 2.52 bits per heavy atom. The molecule has 5 nitrogen and oxygen atoms in total. The van der Waals surface area contributed by atoms with Crippen LogP contribution in [0.25, 0.3) is 0 Å². The van der Waals surface area contributed by atoms with Crippen LogP contribution in [0, 0.1) is 0 Å². The van der Waals surface area contributed by atoms with E-state index in [-0.39, 0.29) is 12.5 Å². The predicted octanol–water partition coefficient (Wildman–Crippen LogP) is 4.29. The van der Waals surface area contributed by atoms with Gasteiger partial charge in [-0.25, -0.2) is 0 Å². The second kappa shape index (κ2) is 7.66. The van der Waals surface area contributed by atoms with Crippen LogP contribution in [-0.2, 0) is 4.79 Å². The minimum atomic E-state index is -0.183. The van der Waals surface area contributed by atoms with E-state index in [0.29, 0.717) is 41.3 Å². The molecular formula is C19H21ClN2O3. The van der Waals surface area contributed by atoms with Gasteiger partial charge in [-0.3, -0.25) is 4.79 Å². The fourth-order valence-electron chi connectivity index (χ4n) is 2.69. The first-order valence-corrected chi connectivity index (χ1v) is 8.64. The SMILES string of the molecule is CC(C)c1ccccc1NCC(=O)Nc1cc2c(cc1Cl)OCCO2. The molecule has 2 aromatic carbocycles. The molecule has 0 fully saturated rings. The van der Waals surface area contributed by atoms with Gasteiger partial charge in [-0.2, -0.15) is 0 Å². The number of benzene rings is 2. The number of amides is 1. The number of nitrogens with one attached hydrogen (secondary N) is 2. The summed E-state index contributed by atoms with van der Waals surface area (Å²) in [5.41, 5.74) is 2.64. The number of ether oxygens (including phenoxy) is 2. The van der Waals surface area contributed by atoms with Gasteiger partial charge in [-0.1, -0.05) is 43.6 Å². The Hall–Kier alpha value is -2.40. The maximum atomic E-state index is 12.3. The lowest BCUT2D eigenvalue weighted by Gasteiger charge is -2.20. The van der Waals surface area contributed by atoms with Gasteiger partial charge in [0.15, 0.2) is 11.5 Å². The monoisotopic (exact) mass is 360 g/mol. The van der Waals surface area contributed by atoms with Crippen LogP contribution in [0.15, 0.2) is 36.4 Å². The smallest absolute Gasteiger partial charge is 0.243 e. The van der Waals surface area contributed by atoms with E-state index in [0.717, 1.165) is 5.69 Å². The average molecular weight is 361 g/mol. The number of hydrogen-bond acceptors (Lipinski definition) is 4. The number of rotatable bonds is 5. The number of carbonyl (C=O) groups excluding carboxylic acids is 1. The van der Waals surface area contributed by atoms with E-state index in [2.05, 4.69) is 30.5 Å². The molecule has 0 spiro atoms. The zero-order valence-corrected chi connectivity index (χ0v) is 15.0. The van der Waals surface area contributed by atoms with Gasteiger partial charge < -0.3 is 20.1 Å². The Labute approximate surface area is 152 Å². The molecule has 0 radical (unpaired) electrons. The minimum Gasteiger partial charge on any atom is -0.486 e. The van der Waals surface area contributed by atoms with E-state index >= 15 is 0 Å². The molecule has 2 aromatic rings. The van der Waals surface area contributed by atoms with E-state index in [1.807, 2.05) is 18.2 Å². The van der Waals surface area contributed by atoms with Gasteiger partial charge in [0.25, 0.3) is 0 Å². The topological polar surface area (TPSA) is 59.6 Å². The summed E-state index contributed by atoms with van der Waals surface area (Å²) in [5.74, 6) is 1.37. The lowest BCUT2D eigenvalue weighted by atomic mass is 10.0. The van der Waals surface area contributed by atoms with Crippen molar-refractivity contribution >= 4 is 28.9 Å². The maximum absolute atomic E-state index is 12.3. The summed E-state index contributed by atoms with van der Waals surface area (Å²) in [7, 11) is 0. The molecule has 1 heterocycles. The van der Waals surface area contributed by atoms with Crippen molar-refractivity contribution in [3.05, 3.63) is 47.0 Å². The van der Waals surface area contributed by atoms with Gasteiger partial charge in [-0.05, 0) is 17.5 Å². The fourth-order valence-corrected chi connectivity index (χ4v) is 2.89. The van der Waals surface area contributed by atoms with Gasteiger partial charge in [0.2, 0.25) is 5.91 Å². The molecule has 0 bridgehead atoms. The van der Waals surface area contributed by atoms with E-state index in [4.69, 9.17) is 21.1 Å². The number of anilines is 2. The van der Waals surface area contributed by atoms with Crippen LogP contribution in [-0.4, -0.2) is 25.7 Å². The zero-order chi connectivity index (χ0) is 17.8. The van der Waals surface area contributed by atoms with Crippen LogP contribution in [0.2, 0.25) is 5.02 Å². The van der Waals surface area contributed by atoms with E-state index in [1.165, 1.54) is 5.56 Å². The van der Waals surface area contributed by atoms with E-state index in [9.17, 15) is 4.79 Å². The maximum Gasteiger partial charge on any atom is 0.243 e. The van der Waals surface area contributed by atoms with E-state index in [1.54, 1.807) is 12.1 Å².